The standard InChI is InChI=1S/C49H64O13.8CH4/c1-24-31-12-32(34-21-58-40(52)36(31)34)33(24)20-45(3,42(54)61-49-16-27-9-28(17-49)14-47(13-27,23-49)44(56)59-35-7-5-6-8-57-35)22-46(4,37-25(2)39(51)60-41(37)53)43(55)62-48-15-26-10-29(18-48)38(50)30(11-26)19-48;;;;;;;;/h24-37H,5-23H2,1-4H3;8*1H4. The number of Topliss-reactive ketones (excluding diaryl/α,β-unsaturated/α-hetero) is 1. The zero-order chi connectivity index (χ0) is 43.3. The molecule has 3 saturated heterocycles. The molecule has 0 amide bonds. The highest BCUT2D eigenvalue weighted by Gasteiger charge is 2.68. The Hall–Kier alpha value is -3.35. The minimum atomic E-state index is -1.69. The Bertz CT molecular complexity index is 1960. The van der Waals surface area contributed by atoms with E-state index in [1.165, 1.54) is 0 Å². The molecule has 13 nitrogen and oxygen atoms in total. The van der Waals surface area contributed by atoms with Gasteiger partial charge < -0.3 is 28.4 Å². The van der Waals surface area contributed by atoms with E-state index in [2.05, 4.69) is 6.92 Å². The molecule has 0 aromatic heterocycles. The first kappa shape index (κ1) is 61.0. The molecule has 15 atom stereocenters. The van der Waals surface area contributed by atoms with Gasteiger partial charge in [-0.1, -0.05) is 73.3 Å². The van der Waals surface area contributed by atoms with Crippen molar-refractivity contribution in [3.05, 3.63) is 0 Å². The topological polar surface area (TPSA) is 175 Å². The molecule has 0 N–H and O–H groups in total. The third-order valence-corrected chi connectivity index (χ3v) is 19.4. The van der Waals surface area contributed by atoms with Crippen LogP contribution in [0.15, 0.2) is 0 Å². The lowest BCUT2D eigenvalue weighted by molar-refractivity contribution is -0.234. The number of carbonyl (C=O) groups is 7. The third kappa shape index (κ3) is 9.32. The first-order valence-electron chi connectivity index (χ1n) is 24.2. The molecule has 13 heteroatoms. The van der Waals surface area contributed by atoms with Gasteiger partial charge in [-0.25, -0.2) is 0 Å². The van der Waals surface area contributed by atoms with Crippen molar-refractivity contribution in [1.29, 1.82) is 0 Å². The molecule has 402 valence electrons. The number of hydrogen-bond donors (Lipinski definition) is 0. The molecule has 15 unspecified atom stereocenters. The van der Waals surface area contributed by atoms with E-state index < -0.39 is 69.5 Å². The lowest BCUT2D eigenvalue weighted by Gasteiger charge is -2.60. The van der Waals surface area contributed by atoms with E-state index in [1.54, 1.807) is 13.8 Å². The van der Waals surface area contributed by atoms with Crippen molar-refractivity contribution in [1.82, 2.24) is 0 Å². The lowest BCUT2D eigenvalue weighted by Crippen LogP contribution is -2.61. The Morgan fingerprint density at radius 3 is 1.87 bits per heavy atom. The number of hydrogen-bond acceptors (Lipinski definition) is 13. The van der Waals surface area contributed by atoms with Crippen LogP contribution in [0.3, 0.4) is 0 Å². The van der Waals surface area contributed by atoms with Gasteiger partial charge in [-0.15, -0.1) is 0 Å². The van der Waals surface area contributed by atoms with Gasteiger partial charge in [-0.2, -0.15) is 0 Å². The van der Waals surface area contributed by atoms with Gasteiger partial charge >= 0.3 is 35.8 Å². The Labute approximate surface area is 422 Å². The fourth-order valence-electron chi connectivity index (χ4n) is 17.4. The first-order chi connectivity index (χ1) is 29.4. The summed E-state index contributed by atoms with van der Waals surface area (Å²) in [6.45, 7) is 8.20. The minimum Gasteiger partial charge on any atom is -0.465 e. The number of cyclic esters (lactones) is 3. The number of fused-ring (bicyclic) bond motifs is 5. The molecule has 0 spiro atoms. The Balaban J connectivity index is 0.00000162. The molecular formula is C57H96O13. The van der Waals surface area contributed by atoms with Crippen LogP contribution in [0.25, 0.3) is 0 Å². The molecule has 3 heterocycles. The Kier molecular flexibility index (Phi) is 18.2. The summed E-state index contributed by atoms with van der Waals surface area (Å²) in [5.41, 5.74) is -5.61. The summed E-state index contributed by atoms with van der Waals surface area (Å²) in [4.78, 5) is 98.4. The van der Waals surface area contributed by atoms with Crippen molar-refractivity contribution >= 4 is 41.6 Å². The van der Waals surface area contributed by atoms with Crippen LogP contribution in [0, 0.1) is 93.2 Å². The van der Waals surface area contributed by atoms with Crippen molar-refractivity contribution < 1.29 is 62.0 Å². The maximum Gasteiger partial charge on any atom is 0.318 e. The predicted molar refractivity (Wildman–Crippen MR) is 268 cm³/mol. The van der Waals surface area contributed by atoms with Gasteiger partial charge in [0, 0.05) is 30.6 Å². The molecule has 0 aromatic carbocycles. The van der Waals surface area contributed by atoms with Gasteiger partial charge in [0.05, 0.1) is 47.2 Å². The van der Waals surface area contributed by atoms with Crippen LogP contribution in [-0.2, 0) is 62.0 Å². The van der Waals surface area contributed by atoms with Crippen LogP contribution in [0.1, 0.15) is 196 Å². The lowest BCUT2D eigenvalue weighted by atomic mass is 9.47. The number of carbonyl (C=O) groups excluding carboxylic acids is 7. The number of esters is 6. The third-order valence-electron chi connectivity index (χ3n) is 19.4. The molecule has 70 heavy (non-hydrogen) atoms. The normalized spacial score (nSPS) is 43.1. The van der Waals surface area contributed by atoms with Crippen LogP contribution in [0.4, 0.5) is 0 Å². The average molecular weight is 989 g/mol. The van der Waals surface area contributed by atoms with Gasteiger partial charge in [0.2, 0.25) is 6.29 Å². The molecule has 10 aliphatic carbocycles. The molecule has 10 bridgehead atoms. The summed E-state index contributed by atoms with van der Waals surface area (Å²) < 4.78 is 36.4. The second-order valence-electron chi connectivity index (χ2n) is 23.6. The molecule has 0 radical (unpaired) electrons. The van der Waals surface area contributed by atoms with E-state index in [0.717, 1.165) is 38.5 Å². The van der Waals surface area contributed by atoms with Crippen molar-refractivity contribution in [3.63, 3.8) is 0 Å². The quantitative estimate of drug-likeness (QED) is 0.109. The summed E-state index contributed by atoms with van der Waals surface area (Å²) in [5.74, 6) is -4.46. The summed E-state index contributed by atoms with van der Waals surface area (Å²) in [7, 11) is 0. The molecule has 10 saturated carbocycles. The highest BCUT2D eigenvalue weighted by molar-refractivity contribution is 6.00. The minimum absolute atomic E-state index is 0. The molecule has 0 aromatic rings. The molecule has 3 aliphatic heterocycles. The maximum absolute atomic E-state index is 15.7. The molecule has 13 rings (SSSR count). The number of ketones is 1. The smallest absolute Gasteiger partial charge is 0.318 e. The summed E-state index contributed by atoms with van der Waals surface area (Å²) >= 11 is 0. The van der Waals surface area contributed by atoms with E-state index in [1.807, 2.05) is 6.92 Å². The van der Waals surface area contributed by atoms with Crippen molar-refractivity contribution in [2.75, 3.05) is 13.2 Å². The first-order valence-corrected chi connectivity index (χ1v) is 24.2. The summed E-state index contributed by atoms with van der Waals surface area (Å²) in [5, 5.41) is 0. The SMILES string of the molecule is C.C.C.C.C.C.C.C.CC1C(=O)OC(=O)C1C(C)(CC(C)(CC1C(C)C2CC1C1COC(=O)C21)C(=O)OC12CC3CC(C1)CC(C(=O)OC1CCCCO1)(C3)C2)C(=O)OC12CC3CC(C1)C(=O)C(C3)C2. The average Bonchev–Trinajstić information content (AvgIpc) is 3.93. The molecular weight excluding hydrogens is 893 g/mol. The zero-order valence-electron chi connectivity index (χ0n) is 36.8. The van der Waals surface area contributed by atoms with E-state index in [4.69, 9.17) is 28.4 Å². The van der Waals surface area contributed by atoms with Crippen molar-refractivity contribution in [3.8, 4) is 0 Å². The van der Waals surface area contributed by atoms with Crippen molar-refractivity contribution in [2.45, 2.75) is 214 Å². The summed E-state index contributed by atoms with van der Waals surface area (Å²) in [6.07, 6.45) is 10.1. The van der Waals surface area contributed by atoms with Crippen molar-refractivity contribution in [2.24, 2.45) is 93.2 Å². The zero-order valence-corrected chi connectivity index (χ0v) is 36.8. The summed E-state index contributed by atoms with van der Waals surface area (Å²) in [6, 6.07) is 0. The van der Waals surface area contributed by atoms with Gasteiger partial charge in [0.25, 0.3) is 0 Å². The molecule has 13 fully saturated rings. The van der Waals surface area contributed by atoms with E-state index in [9.17, 15) is 24.0 Å². The van der Waals surface area contributed by atoms with Gasteiger partial charge in [-0.3, -0.25) is 33.6 Å². The number of ether oxygens (including phenoxy) is 6. The highest BCUT2D eigenvalue weighted by atomic mass is 16.7. The fraction of sp³-hybridized carbons (Fsp3) is 0.877. The Morgan fingerprint density at radius 2 is 1.29 bits per heavy atom. The second kappa shape index (κ2) is 20.9. The van der Waals surface area contributed by atoms with Gasteiger partial charge in [0.1, 0.15) is 17.0 Å². The Morgan fingerprint density at radius 1 is 0.671 bits per heavy atom. The van der Waals surface area contributed by atoms with E-state index in [-0.39, 0.29) is 149 Å². The molecule has 13 aliphatic rings. The fourth-order valence-corrected chi connectivity index (χ4v) is 17.4. The van der Waals surface area contributed by atoms with Gasteiger partial charge in [-0.05, 0) is 152 Å². The van der Waals surface area contributed by atoms with Crippen LogP contribution in [-0.4, -0.2) is 72.3 Å². The van der Waals surface area contributed by atoms with Crippen LogP contribution >= 0.6 is 0 Å². The maximum atomic E-state index is 15.7. The number of rotatable bonds is 11. The second-order valence-corrected chi connectivity index (χ2v) is 23.6. The van der Waals surface area contributed by atoms with Gasteiger partial charge in [0.15, 0.2) is 0 Å². The largest absolute Gasteiger partial charge is 0.465 e. The predicted octanol–water partition coefficient (Wildman–Crippen LogP) is 11.5. The van der Waals surface area contributed by atoms with E-state index >= 15 is 9.59 Å². The monoisotopic (exact) mass is 989 g/mol. The van der Waals surface area contributed by atoms with Crippen LogP contribution in [0.5, 0.6) is 0 Å². The van der Waals surface area contributed by atoms with Crippen LogP contribution < -0.4 is 0 Å². The van der Waals surface area contributed by atoms with E-state index in [0.29, 0.717) is 77.4 Å². The van der Waals surface area contributed by atoms with Crippen LogP contribution in [0.2, 0.25) is 0 Å². The highest BCUT2D eigenvalue weighted by Crippen LogP contribution is 2.66.